The first-order valence-corrected chi connectivity index (χ1v) is 6.21. The van der Waals surface area contributed by atoms with Gasteiger partial charge in [-0.05, 0) is 17.7 Å². The van der Waals surface area contributed by atoms with Gasteiger partial charge in [0.2, 0.25) is 0 Å². The van der Waals surface area contributed by atoms with Crippen LogP contribution in [0.2, 0.25) is 0 Å². The summed E-state index contributed by atoms with van der Waals surface area (Å²) in [5.74, 6) is -3.36. The predicted octanol–water partition coefficient (Wildman–Crippen LogP) is 2.98. The van der Waals surface area contributed by atoms with Gasteiger partial charge < -0.3 is 14.9 Å². The summed E-state index contributed by atoms with van der Waals surface area (Å²) < 4.78 is 18.8. The van der Waals surface area contributed by atoms with E-state index in [9.17, 15) is 19.1 Å². The third-order valence-electron chi connectivity index (χ3n) is 2.79. The molecule has 2 aromatic rings. The number of hydrogen-bond donors (Lipinski definition) is 3. The van der Waals surface area contributed by atoms with Gasteiger partial charge in [0.15, 0.2) is 5.82 Å². The highest BCUT2D eigenvalue weighted by molar-refractivity contribution is 5.93. The number of rotatable bonds is 4. The summed E-state index contributed by atoms with van der Waals surface area (Å²) in [5, 5.41) is 20.3. The number of anilines is 1. The normalized spacial score (nSPS) is 10.0. The van der Waals surface area contributed by atoms with Crippen molar-refractivity contribution in [3.8, 4) is 5.75 Å². The lowest BCUT2D eigenvalue weighted by Crippen LogP contribution is -2.16. The van der Waals surface area contributed by atoms with Crippen LogP contribution >= 0.6 is 0 Å². The van der Waals surface area contributed by atoms with Crippen molar-refractivity contribution < 1.29 is 28.9 Å². The monoisotopic (exact) mass is 305 g/mol. The van der Waals surface area contributed by atoms with E-state index in [0.717, 1.165) is 17.7 Å². The first-order chi connectivity index (χ1) is 10.5. The molecular weight excluding hydrogens is 293 g/mol. The van der Waals surface area contributed by atoms with Gasteiger partial charge in [-0.25, -0.2) is 14.0 Å². The van der Waals surface area contributed by atoms with Crippen LogP contribution in [0.4, 0.5) is 14.9 Å². The van der Waals surface area contributed by atoms with Gasteiger partial charge in [0.05, 0.1) is 5.56 Å². The molecule has 3 N–H and O–H groups in total. The average Bonchev–Trinajstić information content (AvgIpc) is 2.50. The van der Waals surface area contributed by atoms with Crippen LogP contribution in [-0.2, 0) is 11.3 Å². The molecule has 6 nitrogen and oxygen atoms in total. The lowest BCUT2D eigenvalue weighted by Gasteiger charge is -2.10. The fraction of sp³-hybridized carbons (Fsp3) is 0.0667. The third-order valence-corrected chi connectivity index (χ3v) is 2.79. The Labute approximate surface area is 124 Å². The largest absolute Gasteiger partial charge is 0.506 e. The molecule has 0 aliphatic carbocycles. The highest BCUT2D eigenvalue weighted by Gasteiger charge is 2.19. The summed E-state index contributed by atoms with van der Waals surface area (Å²) in [6.45, 7) is -0.0479. The molecule has 0 saturated heterocycles. The van der Waals surface area contributed by atoms with E-state index in [2.05, 4.69) is 0 Å². The second-order valence-corrected chi connectivity index (χ2v) is 4.31. The number of carboxylic acid groups (broad SMARTS) is 1. The van der Waals surface area contributed by atoms with E-state index in [1.807, 2.05) is 5.32 Å². The number of amides is 1. The van der Waals surface area contributed by atoms with Gasteiger partial charge in [-0.1, -0.05) is 30.3 Å². The van der Waals surface area contributed by atoms with Crippen molar-refractivity contribution in [2.24, 2.45) is 0 Å². The maximum atomic E-state index is 13.9. The number of ether oxygens (including phenoxy) is 1. The predicted molar refractivity (Wildman–Crippen MR) is 75.3 cm³/mol. The summed E-state index contributed by atoms with van der Waals surface area (Å²) in [7, 11) is 0. The minimum Gasteiger partial charge on any atom is -0.506 e. The summed E-state index contributed by atoms with van der Waals surface area (Å²) in [5.41, 5.74) is -0.587. The van der Waals surface area contributed by atoms with Crippen LogP contribution in [0, 0.1) is 5.82 Å². The maximum absolute atomic E-state index is 13.9. The smallest absolute Gasteiger partial charge is 0.412 e. The number of phenols is 1. The van der Waals surface area contributed by atoms with Gasteiger partial charge in [0.25, 0.3) is 0 Å². The molecule has 7 heteroatoms. The number of carboxylic acids is 1. The van der Waals surface area contributed by atoms with E-state index in [4.69, 9.17) is 9.84 Å². The molecule has 2 aromatic carbocycles. The number of carbonyl (C=O) groups excluding carboxylic acids is 1. The van der Waals surface area contributed by atoms with Crippen molar-refractivity contribution in [2.75, 3.05) is 5.32 Å². The molecule has 0 atom stereocenters. The van der Waals surface area contributed by atoms with Crippen molar-refractivity contribution in [3.63, 3.8) is 0 Å². The van der Waals surface area contributed by atoms with Crippen LogP contribution < -0.4 is 5.32 Å². The summed E-state index contributed by atoms with van der Waals surface area (Å²) in [6, 6.07) is 10.7. The Morgan fingerprint density at radius 3 is 2.45 bits per heavy atom. The molecule has 0 aliphatic rings. The first-order valence-electron chi connectivity index (χ1n) is 6.21. The molecule has 0 radical (unpaired) electrons. The standard InChI is InChI=1S/C15H12FNO5/c16-12-10(14(19)20)6-7-11(18)13(12)17-15(21)22-8-9-4-2-1-3-5-9/h1-7,18H,8H2,(H,17,21)(H,19,20). The van der Waals surface area contributed by atoms with Crippen molar-refractivity contribution >= 4 is 17.7 Å². The van der Waals surface area contributed by atoms with E-state index in [1.165, 1.54) is 0 Å². The first kappa shape index (κ1) is 15.3. The molecule has 0 aliphatic heterocycles. The molecule has 114 valence electrons. The van der Waals surface area contributed by atoms with Crippen molar-refractivity contribution in [1.29, 1.82) is 0 Å². The second kappa shape index (κ2) is 6.57. The molecule has 0 bridgehead atoms. The summed E-state index contributed by atoms with van der Waals surface area (Å²) >= 11 is 0. The van der Waals surface area contributed by atoms with Gasteiger partial charge in [0.1, 0.15) is 18.0 Å². The molecule has 0 heterocycles. The Kier molecular flexibility index (Phi) is 4.57. The molecule has 1 amide bonds. The lowest BCUT2D eigenvalue weighted by molar-refractivity contribution is 0.0691. The van der Waals surface area contributed by atoms with Crippen molar-refractivity contribution in [3.05, 3.63) is 59.4 Å². The van der Waals surface area contributed by atoms with Gasteiger partial charge in [-0.3, -0.25) is 5.32 Å². The highest BCUT2D eigenvalue weighted by Crippen LogP contribution is 2.29. The molecule has 2 rings (SSSR count). The van der Waals surface area contributed by atoms with Gasteiger partial charge in [-0.15, -0.1) is 0 Å². The van der Waals surface area contributed by atoms with Crippen LogP contribution in [-0.4, -0.2) is 22.3 Å². The van der Waals surface area contributed by atoms with Gasteiger partial charge >= 0.3 is 12.1 Å². The van der Waals surface area contributed by atoms with Crippen molar-refractivity contribution in [1.82, 2.24) is 0 Å². The number of nitrogens with one attached hydrogen (secondary N) is 1. The Bertz CT molecular complexity index is 703. The van der Waals surface area contributed by atoms with E-state index < -0.39 is 34.9 Å². The topological polar surface area (TPSA) is 95.9 Å². The Balaban J connectivity index is 2.08. The minimum atomic E-state index is -1.52. The van der Waals surface area contributed by atoms with Crippen LogP contribution in [0.5, 0.6) is 5.75 Å². The Morgan fingerprint density at radius 1 is 1.14 bits per heavy atom. The molecule has 0 spiro atoms. The van der Waals surface area contributed by atoms with Gasteiger partial charge in [-0.2, -0.15) is 0 Å². The SMILES string of the molecule is O=C(Nc1c(O)ccc(C(=O)O)c1F)OCc1ccccc1. The molecule has 0 unspecified atom stereocenters. The van der Waals surface area contributed by atoms with Gasteiger partial charge in [0, 0.05) is 0 Å². The molecule has 0 fully saturated rings. The van der Waals surface area contributed by atoms with Crippen LogP contribution in [0.25, 0.3) is 0 Å². The molecule has 22 heavy (non-hydrogen) atoms. The number of benzene rings is 2. The number of halogens is 1. The van der Waals surface area contributed by atoms with E-state index >= 15 is 0 Å². The molecule has 0 aromatic heterocycles. The zero-order valence-electron chi connectivity index (χ0n) is 11.2. The number of aromatic carboxylic acids is 1. The fourth-order valence-electron chi connectivity index (χ4n) is 1.71. The van der Waals surface area contributed by atoms with E-state index in [0.29, 0.717) is 0 Å². The fourth-order valence-corrected chi connectivity index (χ4v) is 1.71. The Hall–Kier alpha value is -3.09. The Morgan fingerprint density at radius 2 is 1.82 bits per heavy atom. The summed E-state index contributed by atoms with van der Waals surface area (Å²) in [6.07, 6.45) is -1.01. The minimum absolute atomic E-state index is 0.0479. The highest BCUT2D eigenvalue weighted by atomic mass is 19.1. The molecule has 0 saturated carbocycles. The number of aromatic hydroxyl groups is 1. The van der Waals surface area contributed by atoms with Crippen molar-refractivity contribution in [2.45, 2.75) is 6.61 Å². The summed E-state index contributed by atoms with van der Waals surface area (Å²) in [4.78, 5) is 22.4. The second-order valence-electron chi connectivity index (χ2n) is 4.31. The quantitative estimate of drug-likeness (QED) is 0.755. The van der Waals surface area contributed by atoms with Crippen LogP contribution in [0.3, 0.4) is 0 Å². The molecular formula is C15H12FNO5. The number of phenolic OH excluding ortho intramolecular Hbond substituents is 1. The van der Waals surface area contributed by atoms with Crippen LogP contribution in [0.1, 0.15) is 15.9 Å². The lowest BCUT2D eigenvalue weighted by atomic mass is 10.1. The number of hydrogen-bond acceptors (Lipinski definition) is 4. The maximum Gasteiger partial charge on any atom is 0.412 e. The van der Waals surface area contributed by atoms with E-state index in [-0.39, 0.29) is 6.61 Å². The number of carbonyl (C=O) groups is 2. The third kappa shape index (κ3) is 3.51. The van der Waals surface area contributed by atoms with Crippen LogP contribution in [0.15, 0.2) is 42.5 Å². The van der Waals surface area contributed by atoms with E-state index in [1.54, 1.807) is 30.3 Å². The average molecular weight is 305 g/mol. The zero-order valence-corrected chi connectivity index (χ0v) is 11.2. The zero-order chi connectivity index (χ0) is 16.1.